The van der Waals surface area contributed by atoms with Crippen LogP contribution in [0.25, 0.3) is 0 Å². The third-order valence-electron chi connectivity index (χ3n) is 2.93. The van der Waals surface area contributed by atoms with E-state index in [0.29, 0.717) is 11.4 Å². The van der Waals surface area contributed by atoms with Gasteiger partial charge in [0.25, 0.3) is 0 Å². The standard InChI is InChI=1S/C16H18N2O4S/c1-10(2)8-17-15(20)16(21)18-9-11-5-6-13(23-11)14(19)12-4-3-7-22-12/h3-7,10H,8-9H2,1-2H3,(H,17,20)(H,18,21). The Kier molecular flexibility index (Phi) is 5.70. The molecule has 122 valence electrons. The summed E-state index contributed by atoms with van der Waals surface area (Å²) >= 11 is 1.26. The van der Waals surface area contributed by atoms with Gasteiger partial charge < -0.3 is 15.1 Å². The number of amides is 2. The largest absolute Gasteiger partial charge is 0.461 e. The molecule has 0 spiro atoms. The van der Waals surface area contributed by atoms with E-state index in [1.165, 1.54) is 17.6 Å². The lowest BCUT2D eigenvalue weighted by Gasteiger charge is -2.07. The van der Waals surface area contributed by atoms with Gasteiger partial charge in [-0.15, -0.1) is 11.3 Å². The molecular formula is C16H18N2O4S. The van der Waals surface area contributed by atoms with E-state index in [1.807, 2.05) is 13.8 Å². The Bertz CT molecular complexity index is 689. The van der Waals surface area contributed by atoms with Gasteiger partial charge in [0.1, 0.15) is 0 Å². The number of thiophene rings is 1. The second kappa shape index (κ2) is 7.73. The summed E-state index contributed by atoms with van der Waals surface area (Å²) in [6.45, 7) is 4.54. The number of hydrogen-bond donors (Lipinski definition) is 2. The SMILES string of the molecule is CC(C)CNC(=O)C(=O)NCc1ccc(C(=O)c2ccco2)s1. The molecule has 2 aromatic rings. The van der Waals surface area contributed by atoms with E-state index in [2.05, 4.69) is 10.6 Å². The molecule has 0 fully saturated rings. The first-order chi connectivity index (χ1) is 11.0. The fourth-order valence-corrected chi connectivity index (χ4v) is 2.64. The van der Waals surface area contributed by atoms with Gasteiger partial charge in [-0.2, -0.15) is 0 Å². The van der Waals surface area contributed by atoms with Crippen LogP contribution in [0.2, 0.25) is 0 Å². The minimum atomic E-state index is -0.682. The molecule has 2 rings (SSSR count). The van der Waals surface area contributed by atoms with Crippen molar-refractivity contribution in [2.75, 3.05) is 6.54 Å². The first-order valence-electron chi connectivity index (χ1n) is 7.20. The third kappa shape index (κ3) is 4.79. The zero-order valence-corrected chi connectivity index (χ0v) is 13.7. The number of ketones is 1. The van der Waals surface area contributed by atoms with Crippen LogP contribution in [0.5, 0.6) is 0 Å². The average molecular weight is 334 g/mol. The van der Waals surface area contributed by atoms with Crippen molar-refractivity contribution in [1.29, 1.82) is 0 Å². The van der Waals surface area contributed by atoms with Crippen molar-refractivity contribution in [3.05, 3.63) is 46.0 Å². The second-order valence-corrected chi connectivity index (χ2v) is 6.53. The molecule has 0 aliphatic heterocycles. The predicted octanol–water partition coefficient (Wildman–Crippen LogP) is 1.96. The molecule has 2 aromatic heterocycles. The molecule has 0 aromatic carbocycles. The third-order valence-corrected chi connectivity index (χ3v) is 4.01. The Hall–Kier alpha value is -2.41. The molecule has 2 heterocycles. The number of rotatable bonds is 6. The molecule has 0 radical (unpaired) electrons. The zero-order chi connectivity index (χ0) is 16.8. The molecule has 0 unspecified atom stereocenters. The smallest absolute Gasteiger partial charge is 0.309 e. The van der Waals surface area contributed by atoms with Crippen molar-refractivity contribution in [3.8, 4) is 0 Å². The number of nitrogens with one attached hydrogen (secondary N) is 2. The highest BCUT2D eigenvalue weighted by atomic mass is 32.1. The highest BCUT2D eigenvalue weighted by Gasteiger charge is 2.16. The van der Waals surface area contributed by atoms with Gasteiger partial charge in [0.2, 0.25) is 5.78 Å². The molecule has 0 saturated heterocycles. The molecule has 0 aliphatic carbocycles. The van der Waals surface area contributed by atoms with Gasteiger partial charge in [0, 0.05) is 11.4 Å². The van der Waals surface area contributed by atoms with Crippen molar-refractivity contribution in [1.82, 2.24) is 10.6 Å². The molecule has 7 heteroatoms. The predicted molar refractivity (Wildman–Crippen MR) is 86.2 cm³/mol. The molecule has 0 aliphatic rings. The van der Waals surface area contributed by atoms with Crippen molar-refractivity contribution in [2.24, 2.45) is 5.92 Å². The molecule has 0 bridgehead atoms. The first kappa shape index (κ1) is 17.0. The van der Waals surface area contributed by atoms with Gasteiger partial charge >= 0.3 is 11.8 Å². The van der Waals surface area contributed by atoms with E-state index >= 15 is 0 Å². The number of furan rings is 1. The van der Waals surface area contributed by atoms with Crippen LogP contribution in [0, 0.1) is 5.92 Å². The first-order valence-corrected chi connectivity index (χ1v) is 8.02. The Morgan fingerprint density at radius 2 is 1.87 bits per heavy atom. The second-order valence-electron chi connectivity index (χ2n) is 5.36. The van der Waals surface area contributed by atoms with Crippen LogP contribution in [0.4, 0.5) is 0 Å². The van der Waals surface area contributed by atoms with Crippen LogP contribution >= 0.6 is 11.3 Å². The maximum Gasteiger partial charge on any atom is 0.309 e. The Labute approximate surface area is 137 Å². The Balaban J connectivity index is 1.86. The van der Waals surface area contributed by atoms with Crippen LogP contribution < -0.4 is 10.6 Å². The summed E-state index contributed by atoms with van der Waals surface area (Å²) in [5, 5.41) is 5.08. The molecule has 2 amide bonds. The van der Waals surface area contributed by atoms with Crippen molar-refractivity contribution in [2.45, 2.75) is 20.4 Å². The summed E-state index contributed by atoms with van der Waals surface area (Å²) in [4.78, 5) is 36.6. The van der Waals surface area contributed by atoms with Gasteiger partial charge in [-0.25, -0.2) is 0 Å². The summed E-state index contributed by atoms with van der Waals surface area (Å²) in [7, 11) is 0. The van der Waals surface area contributed by atoms with E-state index in [0.717, 1.165) is 4.88 Å². The molecule has 23 heavy (non-hydrogen) atoms. The van der Waals surface area contributed by atoms with Crippen LogP contribution in [0.15, 0.2) is 34.9 Å². The molecule has 0 saturated carbocycles. The summed E-state index contributed by atoms with van der Waals surface area (Å²) in [6.07, 6.45) is 1.44. The van der Waals surface area contributed by atoms with Gasteiger partial charge in [0.15, 0.2) is 5.76 Å². The van der Waals surface area contributed by atoms with E-state index in [1.54, 1.807) is 24.3 Å². The average Bonchev–Trinajstić information content (AvgIpc) is 3.20. The van der Waals surface area contributed by atoms with Gasteiger partial charge in [-0.1, -0.05) is 13.8 Å². The lowest BCUT2D eigenvalue weighted by atomic mass is 10.2. The molecule has 2 N–H and O–H groups in total. The van der Waals surface area contributed by atoms with Gasteiger partial charge in [-0.3, -0.25) is 14.4 Å². The fourth-order valence-electron chi connectivity index (χ4n) is 1.75. The van der Waals surface area contributed by atoms with E-state index in [4.69, 9.17) is 4.42 Å². The van der Waals surface area contributed by atoms with Gasteiger partial charge in [-0.05, 0) is 30.2 Å². The normalized spacial score (nSPS) is 10.6. The van der Waals surface area contributed by atoms with Crippen LogP contribution in [0.1, 0.15) is 34.2 Å². The Morgan fingerprint density at radius 3 is 2.52 bits per heavy atom. The highest BCUT2D eigenvalue weighted by molar-refractivity contribution is 7.14. The fraction of sp³-hybridized carbons (Fsp3) is 0.312. The van der Waals surface area contributed by atoms with Crippen molar-refractivity contribution in [3.63, 3.8) is 0 Å². The van der Waals surface area contributed by atoms with Crippen molar-refractivity contribution < 1.29 is 18.8 Å². The minimum Gasteiger partial charge on any atom is -0.461 e. The van der Waals surface area contributed by atoms with E-state index in [9.17, 15) is 14.4 Å². The molecule has 0 atom stereocenters. The number of hydrogen-bond acceptors (Lipinski definition) is 5. The molecule has 6 nitrogen and oxygen atoms in total. The summed E-state index contributed by atoms with van der Waals surface area (Å²) in [6, 6.07) is 6.67. The summed E-state index contributed by atoms with van der Waals surface area (Å²) < 4.78 is 5.07. The van der Waals surface area contributed by atoms with E-state index in [-0.39, 0.29) is 24.0 Å². The maximum atomic E-state index is 12.1. The van der Waals surface area contributed by atoms with Crippen molar-refractivity contribution >= 4 is 28.9 Å². The highest BCUT2D eigenvalue weighted by Crippen LogP contribution is 2.20. The van der Waals surface area contributed by atoms with E-state index < -0.39 is 11.8 Å². The van der Waals surface area contributed by atoms with Gasteiger partial charge in [0.05, 0.1) is 17.7 Å². The number of carbonyl (C=O) groups excluding carboxylic acids is 3. The lowest BCUT2D eigenvalue weighted by Crippen LogP contribution is -2.40. The summed E-state index contributed by atoms with van der Waals surface area (Å²) in [5.74, 6) is -0.984. The van der Waals surface area contributed by atoms with Crippen LogP contribution in [0.3, 0.4) is 0 Å². The monoisotopic (exact) mass is 334 g/mol. The lowest BCUT2D eigenvalue weighted by molar-refractivity contribution is -0.139. The maximum absolute atomic E-state index is 12.1. The quantitative estimate of drug-likeness (QED) is 0.624. The van der Waals surface area contributed by atoms with Crippen LogP contribution in [-0.4, -0.2) is 24.1 Å². The summed E-state index contributed by atoms with van der Waals surface area (Å²) in [5.41, 5.74) is 0. The molecular weight excluding hydrogens is 316 g/mol. The minimum absolute atomic E-state index is 0.198. The number of carbonyl (C=O) groups is 3. The zero-order valence-electron chi connectivity index (χ0n) is 12.9. The van der Waals surface area contributed by atoms with Crippen LogP contribution in [-0.2, 0) is 16.1 Å². The Morgan fingerprint density at radius 1 is 1.13 bits per heavy atom. The topological polar surface area (TPSA) is 88.4 Å².